The number of halogens is 2. The molecule has 0 fully saturated rings. The molecule has 3 aromatic rings. The Morgan fingerprint density at radius 1 is 1.30 bits per heavy atom. The highest BCUT2D eigenvalue weighted by Gasteiger charge is 2.19. The van der Waals surface area contributed by atoms with Gasteiger partial charge < -0.3 is 11.1 Å². The van der Waals surface area contributed by atoms with Gasteiger partial charge in [-0.1, -0.05) is 0 Å². The number of carbonyl (C=O) groups is 1. The summed E-state index contributed by atoms with van der Waals surface area (Å²) in [6, 6.07) is 6.97. The Morgan fingerprint density at radius 2 is 2.00 bits per heavy atom. The van der Waals surface area contributed by atoms with E-state index in [1.807, 2.05) is 0 Å². The lowest BCUT2D eigenvalue weighted by molar-refractivity contribution is -0.115. The molecule has 1 aromatic carbocycles. The van der Waals surface area contributed by atoms with E-state index in [2.05, 4.69) is 25.6 Å². The number of carbonyl (C=O) groups excluding carboxylic acids is 1. The Hall–Kier alpha value is -3.14. The maximum Gasteiger partial charge on any atom is 0.333 e. The van der Waals surface area contributed by atoms with Gasteiger partial charge in [0.05, 0.1) is 18.7 Å². The zero-order chi connectivity index (χ0) is 19.6. The summed E-state index contributed by atoms with van der Waals surface area (Å²) in [5, 5.41) is 13.3. The largest absolute Gasteiger partial charge is 0.333 e. The van der Waals surface area contributed by atoms with Gasteiger partial charge in [-0.25, -0.2) is 9.67 Å². The molecule has 8 nitrogen and oxygen atoms in total. The maximum absolute atomic E-state index is 12.9. The van der Waals surface area contributed by atoms with Crippen molar-refractivity contribution in [3.8, 4) is 11.4 Å². The van der Waals surface area contributed by atoms with E-state index in [0.29, 0.717) is 33.3 Å². The van der Waals surface area contributed by atoms with Crippen LogP contribution in [-0.4, -0.2) is 30.9 Å². The second kappa shape index (κ2) is 7.62. The highest BCUT2D eigenvalue weighted by Crippen LogP contribution is 2.21. The third-order valence-corrected chi connectivity index (χ3v) is 4.15. The van der Waals surface area contributed by atoms with Gasteiger partial charge in [-0.15, -0.1) is 0 Å². The van der Waals surface area contributed by atoms with Gasteiger partial charge >= 0.3 is 6.55 Å². The molecule has 3 rings (SSSR count). The first-order valence-electron chi connectivity index (χ1n) is 8.23. The van der Waals surface area contributed by atoms with Gasteiger partial charge in [0, 0.05) is 22.5 Å². The lowest BCUT2D eigenvalue weighted by Gasteiger charge is -2.07. The molecule has 0 saturated heterocycles. The predicted molar refractivity (Wildman–Crippen MR) is 95.0 cm³/mol. The smallest absolute Gasteiger partial charge is 0.326 e. The highest BCUT2D eigenvalue weighted by atomic mass is 19.3. The fourth-order valence-corrected chi connectivity index (χ4v) is 2.73. The first kappa shape index (κ1) is 18.6. The van der Waals surface area contributed by atoms with Crippen molar-refractivity contribution >= 4 is 11.6 Å². The summed E-state index contributed by atoms with van der Waals surface area (Å²) in [5.41, 5.74) is 8.04. The number of benzene rings is 1. The molecule has 0 atom stereocenters. The minimum atomic E-state index is -2.73. The van der Waals surface area contributed by atoms with Gasteiger partial charge in [-0.05, 0) is 38.1 Å². The molecule has 0 aliphatic heterocycles. The zero-order valence-corrected chi connectivity index (χ0v) is 14.8. The van der Waals surface area contributed by atoms with Gasteiger partial charge in [0.2, 0.25) is 5.91 Å². The van der Waals surface area contributed by atoms with Crippen molar-refractivity contribution in [2.45, 2.75) is 33.4 Å². The molecule has 10 heteroatoms. The first-order chi connectivity index (χ1) is 12.9. The van der Waals surface area contributed by atoms with Crippen molar-refractivity contribution in [3.05, 3.63) is 47.0 Å². The van der Waals surface area contributed by atoms with Crippen LogP contribution >= 0.6 is 0 Å². The fraction of sp³-hybridized carbons (Fsp3) is 0.294. The molecule has 0 spiro atoms. The minimum absolute atomic E-state index is 0.0348. The number of amides is 1. The average molecular weight is 375 g/mol. The predicted octanol–water partition coefficient (Wildman–Crippen LogP) is 2.32. The van der Waals surface area contributed by atoms with Gasteiger partial charge in [-0.3, -0.25) is 9.89 Å². The number of nitrogens with two attached hydrogens (primary N) is 1. The number of rotatable bonds is 6. The molecule has 2 heterocycles. The molecule has 27 heavy (non-hydrogen) atoms. The highest BCUT2D eigenvalue weighted by molar-refractivity contribution is 5.92. The summed E-state index contributed by atoms with van der Waals surface area (Å²) in [4.78, 5) is 16.5. The Bertz CT molecular complexity index is 947. The Morgan fingerprint density at radius 3 is 2.56 bits per heavy atom. The quantitative estimate of drug-likeness (QED) is 0.612. The monoisotopic (exact) mass is 375 g/mol. The van der Waals surface area contributed by atoms with Crippen LogP contribution in [0.5, 0.6) is 0 Å². The summed E-state index contributed by atoms with van der Waals surface area (Å²) in [6.07, 6.45) is -0.0348. The summed E-state index contributed by atoms with van der Waals surface area (Å²) in [5.74, 6) is 0.780. The molecular weight excluding hydrogens is 356 g/mol. The molecular formula is C17H19F2N7O. The van der Waals surface area contributed by atoms with E-state index in [9.17, 15) is 13.6 Å². The number of aromatic nitrogens is 5. The minimum Gasteiger partial charge on any atom is -0.326 e. The molecule has 0 bridgehead atoms. The first-order valence-corrected chi connectivity index (χ1v) is 8.23. The molecule has 0 aliphatic rings. The standard InChI is InChI=1S/C17H19F2N7O/c1-9-13(10(2)26(25-9)17(18)19)7-15(27)21-12-5-3-11(4-6-12)16-22-14(8-20)23-24-16/h3-6,17H,7-8,20H2,1-2H3,(H,21,27)(H,22,23,24). The Balaban J connectivity index is 1.68. The fourth-order valence-electron chi connectivity index (χ4n) is 2.73. The average Bonchev–Trinajstić information content (AvgIpc) is 3.22. The van der Waals surface area contributed by atoms with Crippen LogP contribution in [0, 0.1) is 13.8 Å². The molecule has 0 unspecified atom stereocenters. The van der Waals surface area contributed by atoms with Crippen LogP contribution in [0.15, 0.2) is 24.3 Å². The van der Waals surface area contributed by atoms with E-state index >= 15 is 0 Å². The zero-order valence-electron chi connectivity index (χ0n) is 14.8. The summed E-state index contributed by atoms with van der Waals surface area (Å²) < 4.78 is 26.4. The lowest BCUT2D eigenvalue weighted by atomic mass is 10.1. The number of alkyl halides is 2. The summed E-state index contributed by atoms with van der Waals surface area (Å²) in [6.45, 7) is 0.664. The van der Waals surface area contributed by atoms with Crippen molar-refractivity contribution in [3.63, 3.8) is 0 Å². The van der Waals surface area contributed by atoms with E-state index in [1.54, 1.807) is 31.2 Å². The number of H-pyrrole nitrogens is 1. The molecule has 0 aliphatic carbocycles. The second-order valence-electron chi connectivity index (χ2n) is 5.98. The molecule has 142 valence electrons. The van der Waals surface area contributed by atoms with Crippen molar-refractivity contribution in [2.75, 3.05) is 5.32 Å². The van der Waals surface area contributed by atoms with Gasteiger partial charge in [-0.2, -0.15) is 19.0 Å². The number of anilines is 1. The third kappa shape index (κ3) is 4.00. The molecule has 0 radical (unpaired) electrons. The number of nitrogens with one attached hydrogen (secondary N) is 2. The van der Waals surface area contributed by atoms with Crippen LogP contribution in [0.1, 0.15) is 29.3 Å². The van der Waals surface area contributed by atoms with E-state index < -0.39 is 6.55 Å². The van der Waals surface area contributed by atoms with Crippen molar-refractivity contribution < 1.29 is 13.6 Å². The van der Waals surface area contributed by atoms with Gasteiger partial charge in [0.1, 0.15) is 5.82 Å². The summed E-state index contributed by atoms with van der Waals surface area (Å²) >= 11 is 0. The normalized spacial score (nSPS) is 11.2. The van der Waals surface area contributed by atoms with Gasteiger partial charge in [0.25, 0.3) is 0 Å². The Labute approximate surface area is 153 Å². The van der Waals surface area contributed by atoms with E-state index in [1.165, 1.54) is 6.92 Å². The molecule has 4 N–H and O–H groups in total. The number of nitrogens with zero attached hydrogens (tertiary/aromatic N) is 4. The maximum atomic E-state index is 12.9. The SMILES string of the molecule is Cc1nn(C(F)F)c(C)c1CC(=O)Nc1ccc(-c2n[nH]c(CN)n2)cc1. The third-order valence-electron chi connectivity index (χ3n) is 4.15. The van der Waals surface area contributed by atoms with E-state index in [-0.39, 0.29) is 24.6 Å². The van der Waals surface area contributed by atoms with Crippen molar-refractivity contribution in [2.24, 2.45) is 5.73 Å². The number of aryl methyl sites for hydroxylation is 1. The molecule has 2 aromatic heterocycles. The summed E-state index contributed by atoms with van der Waals surface area (Å²) in [7, 11) is 0. The second-order valence-corrected chi connectivity index (χ2v) is 5.98. The van der Waals surface area contributed by atoms with E-state index in [0.717, 1.165) is 5.56 Å². The van der Waals surface area contributed by atoms with Crippen LogP contribution in [0.3, 0.4) is 0 Å². The van der Waals surface area contributed by atoms with Gasteiger partial charge in [0.15, 0.2) is 5.82 Å². The van der Waals surface area contributed by atoms with Crippen LogP contribution in [0.4, 0.5) is 14.5 Å². The number of hydrogen-bond acceptors (Lipinski definition) is 5. The van der Waals surface area contributed by atoms with E-state index in [4.69, 9.17) is 5.73 Å². The topological polar surface area (TPSA) is 115 Å². The Kier molecular flexibility index (Phi) is 5.26. The van der Waals surface area contributed by atoms with Crippen molar-refractivity contribution in [1.29, 1.82) is 0 Å². The molecule has 0 saturated carbocycles. The van der Waals surface area contributed by atoms with Crippen LogP contribution in [0.2, 0.25) is 0 Å². The number of aromatic amines is 1. The van der Waals surface area contributed by atoms with Crippen molar-refractivity contribution in [1.82, 2.24) is 25.0 Å². The lowest BCUT2D eigenvalue weighted by Crippen LogP contribution is -2.15. The number of hydrogen-bond donors (Lipinski definition) is 3. The van der Waals surface area contributed by atoms with Crippen LogP contribution < -0.4 is 11.1 Å². The van der Waals surface area contributed by atoms with Crippen LogP contribution in [-0.2, 0) is 17.8 Å². The molecule has 1 amide bonds. The van der Waals surface area contributed by atoms with Crippen LogP contribution in [0.25, 0.3) is 11.4 Å².